The molecule has 0 saturated carbocycles. The van der Waals surface area contributed by atoms with Crippen molar-refractivity contribution in [1.82, 2.24) is 4.57 Å². The quantitative estimate of drug-likeness (QED) is 0.669. The van der Waals surface area contributed by atoms with Crippen LogP contribution < -0.4 is 15.2 Å². The first-order valence-electron chi connectivity index (χ1n) is 6.55. The summed E-state index contributed by atoms with van der Waals surface area (Å²) in [7, 11) is -5.82. The van der Waals surface area contributed by atoms with Gasteiger partial charge in [0.15, 0.2) is 0 Å². The summed E-state index contributed by atoms with van der Waals surface area (Å²) >= 11 is 0. The largest absolute Gasteiger partial charge is 0.364 e. The zero-order chi connectivity index (χ0) is 18.1. The molecule has 1 aromatic heterocycles. The average Bonchev–Trinajstić information content (AvgIpc) is 2.82. The molecule has 0 aliphatic rings. The van der Waals surface area contributed by atoms with E-state index in [2.05, 4.69) is 9.44 Å². The van der Waals surface area contributed by atoms with Crippen molar-refractivity contribution < 1.29 is 21.6 Å². The molecule has 2 rings (SSSR count). The molecule has 0 bridgehead atoms. The number of carbonyl (C=O) groups is 1. The first-order valence-corrected chi connectivity index (χ1v) is 9.92. The highest BCUT2D eigenvalue weighted by atomic mass is 32.2. The van der Waals surface area contributed by atoms with Gasteiger partial charge in [-0.2, -0.15) is 0 Å². The number of anilines is 2. The Balaban J connectivity index is 2.23. The van der Waals surface area contributed by atoms with Crippen molar-refractivity contribution in [2.75, 3.05) is 15.7 Å². The van der Waals surface area contributed by atoms with E-state index in [4.69, 9.17) is 5.73 Å². The van der Waals surface area contributed by atoms with Crippen LogP contribution in [0.2, 0.25) is 0 Å². The van der Waals surface area contributed by atoms with E-state index in [1.165, 1.54) is 48.1 Å². The molecular weight excluding hydrogens is 356 g/mol. The van der Waals surface area contributed by atoms with Crippen LogP contribution in [0.3, 0.4) is 0 Å². The molecule has 0 spiro atoms. The Hall–Kier alpha value is -2.53. The van der Waals surface area contributed by atoms with E-state index in [1.807, 2.05) is 0 Å². The van der Waals surface area contributed by atoms with Gasteiger partial charge in [-0.15, -0.1) is 0 Å². The molecule has 2 aromatic rings. The molecule has 1 heterocycles. The standard InChI is InChI=1S/C13H16N4O5S2/c1-17-8-11(7-12(17)13(14)18)24(21,22)16-10-5-3-9(4-6-10)15-23(2,19)20/h3-8,15-16H,1-2H3,(H2,14,18). The van der Waals surface area contributed by atoms with Gasteiger partial charge < -0.3 is 10.3 Å². The van der Waals surface area contributed by atoms with Gasteiger partial charge in [0, 0.05) is 24.6 Å². The fraction of sp³-hybridized carbons (Fsp3) is 0.154. The third-order valence-electron chi connectivity index (χ3n) is 2.98. The van der Waals surface area contributed by atoms with Gasteiger partial charge in [0.05, 0.1) is 6.26 Å². The predicted octanol–water partition coefficient (Wildman–Crippen LogP) is 0.296. The number of carbonyl (C=O) groups excluding carboxylic acids is 1. The SMILES string of the molecule is Cn1cc(S(=O)(=O)Nc2ccc(NS(C)(=O)=O)cc2)cc1C(N)=O. The van der Waals surface area contributed by atoms with E-state index in [9.17, 15) is 21.6 Å². The molecule has 0 aliphatic heterocycles. The monoisotopic (exact) mass is 372 g/mol. The van der Waals surface area contributed by atoms with Crippen LogP contribution in [0.25, 0.3) is 0 Å². The van der Waals surface area contributed by atoms with Crippen LogP contribution in [-0.4, -0.2) is 33.6 Å². The Bertz CT molecular complexity index is 976. The van der Waals surface area contributed by atoms with Gasteiger partial charge in [-0.3, -0.25) is 14.2 Å². The van der Waals surface area contributed by atoms with Crippen molar-refractivity contribution >= 4 is 37.3 Å². The number of amides is 1. The highest BCUT2D eigenvalue weighted by Crippen LogP contribution is 2.20. The highest BCUT2D eigenvalue weighted by Gasteiger charge is 2.19. The van der Waals surface area contributed by atoms with E-state index in [-0.39, 0.29) is 16.3 Å². The van der Waals surface area contributed by atoms with Gasteiger partial charge in [0.2, 0.25) is 10.0 Å². The first kappa shape index (κ1) is 17.8. The number of hydrogen-bond donors (Lipinski definition) is 3. The molecule has 1 aromatic carbocycles. The number of nitrogens with one attached hydrogen (secondary N) is 2. The van der Waals surface area contributed by atoms with Crippen LogP contribution in [-0.2, 0) is 27.1 Å². The predicted molar refractivity (Wildman–Crippen MR) is 89.6 cm³/mol. The summed E-state index contributed by atoms with van der Waals surface area (Å²) in [5, 5.41) is 0. The Morgan fingerprint density at radius 3 is 1.96 bits per heavy atom. The van der Waals surface area contributed by atoms with Gasteiger partial charge in [0.1, 0.15) is 10.6 Å². The average molecular weight is 372 g/mol. The lowest BCUT2D eigenvalue weighted by Crippen LogP contribution is -2.14. The second kappa shape index (κ2) is 6.17. The number of sulfonamides is 2. The van der Waals surface area contributed by atoms with E-state index in [0.29, 0.717) is 5.69 Å². The lowest BCUT2D eigenvalue weighted by Gasteiger charge is -2.08. The van der Waals surface area contributed by atoms with Gasteiger partial charge >= 0.3 is 0 Å². The molecule has 0 fully saturated rings. The van der Waals surface area contributed by atoms with Crippen LogP contribution >= 0.6 is 0 Å². The third-order valence-corrected chi connectivity index (χ3v) is 4.94. The molecule has 0 atom stereocenters. The number of aryl methyl sites for hydroxylation is 1. The van der Waals surface area contributed by atoms with Gasteiger partial charge in [-0.25, -0.2) is 16.8 Å². The normalized spacial score (nSPS) is 11.9. The number of benzene rings is 1. The van der Waals surface area contributed by atoms with Crippen LogP contribution in [0.4, 0.5) is 11.4 Å². The van der Waals surface area contributed by atoms with Gasteiger partial charge in [-0.05, 0) is 30.3 Å². The minimum Gasteiger partial charge on any atom is -0.364 e. The van der Waals surface area contributed by atoms with Crippen LogP contribution in [0.15, 0.2) is 41.4 Å². The molecule has 24 heavy (non-hydrogen) atoms. The number of nitrogens with zero attached hydrogens (tertiary/aromatic N) is 1. The highest BCUT2D eigenvalue weighted by molar-refractivity contribution is 7.92. The van der Waals surface area contributed by atoms with Crippen molar-refractivity contribution in [2.24, 2.45) is 12.8 Å². The molecule has 0 aliphatic carbocycles. The van der Waals surface area contributed by atoms with E-state index in [0.717, 1.165) is 6.26 Å². The summed E-state index contributed by atoms with van der Waals surface area (Å²) in [6, 6.07) is 6.81. The summed E-state index contributed by atoms with van der Waals surface area (Å²) in [6.45, 7) is 0. The smallest absolute Gasteiger partial charge is 0.265 e. The van der Waals surface area contributed by atoms with Crippen molar-refractivity contribution in [3.63, 3.8) is 0 Å². The fourth-order valence-corrected chi connectivity index (χ4v) is 3.65. The van der Waals surface area contributed by atoms with Crippen molar-refractivity contribution in [3.05, 3.63) is 42.2 Å². The van der Waals surface area contributed by atoms with Crippen LogP contribution in [0.1, 0.15) is 10.5 Å². The maximum atomic E-state index is 12.3. The Morgan fingerprint density at radius 2 is 1.54 bits per heavy atom. The van der Waals surface area contributed by atoms with E-state index in [1.54, 1.807) is 0 Å². The topological polar surface area (TPSA) is 140 Å². The minimum absolute atomic E-state index is 0.0584. The zero-order valence-electron chi connectivity index (χ0n) is 12.8. The van der Waals surface area contributed by atoms with Gasteiger partial charge in [0.25, 0.3) is 15.9 Å². The summed E-state index contributed by atoms with van der Waals surface area (Å²) in [6.07, 6.45) is 2.28. The number of hydrogen-bond acceptors (Lipinski definition) is 5. The number of aromatic nitrogens is 1. The molecule has 0 radical (unpaired) electrons. The minimum atomic E-state index is -3.91. The summed E-state index contributed by atoms with van der Waals surface area (Å²) in [5.41, 5.74) is 5.75. The molecule has 11 heteroatoms. The Labute approximate surface area is 139 Å². The lowest BCUT2D eigenvalue weighted by atomic mass is 10.3. The third kappa shape index (κ3) is 4.26. The molecular formula is C13H16N4O5S2. The molecule has 0 saturated heterocycles. The van der Waals surface area contributed by atoms with Crippen molar-refractivity contribution in [2.45, 2.75) is 4.90 Å². The zero-order valence-corrected chi connectivity index (χ0v) is 14.5. The van der Waals surface area contributed by atoms with E-state index < -0.39 is 26.0 Å². The second-order valence-corrected chi connectivity index (χ2v) is 8.52. The summed E-state index contributed by atoms with van der Waals surface area (Å²) < 4.78 is 52.8. The number of nitrogens with two attached hydrogens (primary N) is 1. The molecule has 0 unspecified atom stereocenters. The summed E-state index contributed by atoms with van der Waals surface area (Å²) in [5.74, 6) is -0.741. The Morgan fingerprint density at radius 1 is 1.04 bits per heavy atom. The number of primary amides is 1. The molecule has 130 valence electrons. The molecule has 4 N–H and O–H groups in total. The van der Waals surface area contributed by atoms with Crippen LogP contribution in [0.5, 0.6) is 0 Å². The summed E-state index contributed by atoms with van der Waals surface area (Å²) in [4.78, 5) is 11.1. The Kier molecular flexibility index (Phi) is 4.58. The van der Waals surface area contributed by atoms with Crippen molar-refractivity contribution in [3.8, 4) is 0 Å². The van der Waals surface area contributed by atoms with E-state index >= 15 is 0 Å². The van der Waals surface area contributed by atoms with Crippen molar-refractivity contribution in [1.29, 1.82) is 0 Å². The molecule has 1 amide bonds. The van der Waals surface area contributed by atoms with Crippen LogP contribution in [0, 0.1) is 0 Å². The second-order valence-electron chi connectivity index (χ2n) is 5.09. The fourth-order valence-electron chi connectivity index (χ4n) is 1.96. The number of rotatable bonds is 6. The van der Waals surface area contributed by atoms with Gasteiger partial charge in [-0.1, -0.05) is 0 Å². The maximum Gasteiger partial charge on any atom is 0.265 e. The maximum absolute atomic E-state index is 12.3. The lowest BCUT2D eigenvalue weighted by molar-refractivity contribution is 0.0992. The molecule has 9 nitrogen and oxygen atoms in total. The first-order chi connectivity index (χ1) is 11.0.